The van der Waals surface area contributed by atoms with Crippen LogP contribution in [0.2, 0.25) is 0 Å². The van der Waals surface area contributed by atoms with Crippen molar-refractivity contribution in [2.24, 2.45) is 0 Å². The first kappa shape index (κ1) is 14.3. The maximum Gasteiger partial charge on any atom is 0.173 e. The monoisotopic (exact) mass is 288 g/mol. The van der Waals surface area contributed by atoms with Gasteiger partial charge in [0.25, 0.3) is 0 Å². The molecular formula is C16H16O3S. The zero-order chi connectivity index (χ0) is 14.7. The maximum absolute atomic E-state index is 12.0. The van der Waals surface area contributed by atoms with E-state index < -0.39 is 0 Å². The molecule has 1 aromatic heterocycles. The van der Waals surface area contributed by atoms with Gasteiger partial charge in [-0.05, 0) is 23.6 Å². The van der Waals surface area contributed by atoms with Crippen LogP contribution in [0.1, 0.15) is 28.1 Å². The summed E-state index contributed by atoms with van der Waals surface area (Å²) in [6.07, 6.45) is 2.30. The molecule has 0 spiro atoms. The van der Waals surface area contributed by atoms with E-state index in [1.165, 1.54) is 11.3 Å². The molecule has 1 heterocycles. The molecule has 0 unspecified atom stereocenters. The summed E-state index contributed by atoms with van der Waals surface area (Å²) in [7, 11) is 1.61. The van der Waals surface area contributed by atoms with E-state index >= 15 is 0 Å². The van der Waals surface area contributed by atoms with Crippen LogP contribution in [0.4, 0.5) is 0 Å². The minimum absolute atomic E-state index is 0.0144. The lowest BCUT2D eigenvalue weighted by molar-refractivity contribution is 0.0982. The number of aliphatic hydroxyl groups excluding tert-OH is 1. The smallest absolute Gasteiger partial charge is 0.173 e. The predicted octanol–water partition coefficient (Wildman–Crippen LogP) is 4.59. The summed E-state index contributed by atoms with van der Waals surface area (Å²) in [5.41, 5.74) is 0.907. The molecular weight excluding hydrogens is 272 g/mol. The fourth-order valence-electron chi connectivity index (χ4n) is 1.94. The highest BCUT2D eigenvalue weighted by Gasteiger charge is 2.12. The lowest BCUT2D eigenvalue weighted by atomic mass is 10.1. The zero-order valence-corrected chi connectivity index (χ0v) is 12.1. The van der Waals surface area contributed by atoms with Crippen molar-refractivity contribution in [3.63, 3.8) is 0 Å². The first-order valence-corrected chi connectivity index (χ1v) is 7.00. The molecule has 2 aromatic rings. The average Bonchev–Trinajstić information content (AvgIpc) is 2.85. The van der Waals surface area contributed by atoms with E-state index in [0.717, 1.165) is 21.4 Å². The molecule has 2 rings (SSSR count). The topological polar surface area (TPSA) is 46.5 Å². The zero-order valence-electron chi connectivity index (χ0n) is 11.3. The minimum atomic E-state index is 0.0144. The average molecular weight is 288 g/mol. The van der Waals surface area contributed by atoms with Crippen LogP contribution in [0.25, 0.3) is 16.2 Å². The lowest BCUT2D eigenvalue weighted by Gasteiger charge is -2.04. The first-order chi connectivity index (χ1) is 9.55. The highest BCUT2D eigenvalue weighted by Crippen LogP contribution is 2.33. The Balaban J connectivity index is 2.35. The number of aliphatic hydroxyl groups is 1. The van der Waals surface area contributed by atoms with Gasteiger partial charge in [-0.1, -0.05) is 19.2 Å². The predicted molar refractivity (Wildman–Crippen MR) is 83.8 cm³/mol. The van der Waals surface area contributed by atoms with Crippen LogP contribution in [0, 0.1) is 0 Å². The van der Waals surface area contributed by atoms with E-state index in [4.69, 9.17) is 9.84 Å². The largest absolute Gasteiger partial charge is 0.513 e. The van der Waals surface area contributed by atoms with Gasteiger partial charge in [-0.15, -0.1) is 11.3 Å². The number of rotatable bonds is 6. The summed E-state index contributed by atoms with van der Waals surface area (Å²) in [6, 6.07) is 5.73. The quantitative estimate of drug-likeness (QED) is 0.624. The molecule has 104 valence electrons. The molecule has 1 aromatic carbocycles. The van der Waals surface area contributed by atoms with Crippen LogP contribution in [0.15, 0.2) is 37.1 Å². The van der Waals surface area contributed by atoms with Gasteiger partial charge in [0.2, 0.25) is 0 Å². The summed E-state index contributed by atoms with van der Waals surface area (Å²) < 4.78 is 6.32. The Hall–Kier alpha value is -2.07. The van der Waals surface area contributed by atoms with Crippen molar-refractivity contribution in [1.82, 2.24) is 0 Å². The summed E-state index contributed by atoms with van der Waals surface area (Å²) in [6.45, 7) is 7.15. The molecule has 0 saturated carbocycles. The van der Waals surface area contributed by atoms with Crippen LogP contribution < -0.4 is 4.74 Å². The number of allylic oxidation sites excluding steroid dienone is 1. The number of hydrogen-bond acceptors (Lipinski definition) is 4. The summed E-state index contributed by atoms with van der Waals surface area (Å²) in [5, 5.41) is 10.0. The molecule has 0 aliphatic rings. The van der Waals surface area contributed by atoms with Gasteiger partial charge >= 0.3 is 0 Å². The Morgan fingerprint density at radius 3 is 2.75 bits per heavy atom. The molecule has 20 heavy (non-hydrogen) atoms. The van der Waals surface area contributed by atoms with E-state index in [1.54, 1.807) is 13.2 Å². The van der Waals surface area contributed by atoms with Gasteiger partial charge in [0, 0.05) is 23.1 Å². The summed E-state index contributed by atoms with van der Waals surface area (Å²) >= 11 is 1.44. The molecule has 0 radical (unpaired) electrons. The summed E-state index contributed by atoms with van der Waals surface area (Å²) in [5.74, 6) is 0.795. The van der Waals surface area contributed by atoms with Crippen molar-refractivity contribution in [3.8, 4) is 5.75 Å². The number of benzene rings is 1. The van der Waals surface area contributed by atoms with Gasteiger partial charge in [0.15, 0.2) is 5.78 Å². The molecule has 0 amide bonds. The lowest BCUT2D eigenvalue weighted by Crippen LogP contribution is -1.96. The second kappa shape index (κ2) is 5.92. The molecule has 0 fully saturated rings. The van der Waals surface area contributed by atoms with Gasteiger partial charge in [0.05, 0.1) is 17.7 Å². The number of thiophene rings is 1. The molecule has 1 N–H and O–H groups in total. The van der Waals surface area contributed by atoms with Crippen molar-refractivity contribution >= 4 is 33.3 Å². The minimum Gasteiger partial charge on any atom is -0.513 e. The summed E-state index contributed by atoms with van der Waals surface area (Å²) in [4.78, 5) is 12.7. The third kappa shape index (κ3) is 2.91. The van der Waals surface area contributed by atoms with Crippen LogP contribution >= 0.6 is 11.3 Å². The molecule has 0 aliphatic carbocycles. The Bertz CT molecular complexity index is 682. The molecule has 4 heteroatoms. The molecule has 0 atom stereocenters. The standard InChI is InChI=1S/C16H16O3S/c1-4-11-8-15-12(7-14(11)19-3)9-16(20-15)13(18)6-5-10(2)17/h4,7-9,17H,1-2,5-6H2,3H3. The van der Waals surface area contributed by atoms with Crippen molar-refractivity contribution in [3.05, 3.63) is 47.6 Å². The van der Waals surface area contributed by atoms with Gasteiger partial charge in [-0.25, -0.2) is 0 Å². The number of ether oxygens (including phenoxy) is 1. The van der Waals surface area contributed by atoms with Gasteiger partial charge < -0.3 is 9.84 Å². The highest BCUT2D eigenvalue weighted by molar-refractivity contribution is 7.20. The number of hydrogen-bond donors (Lipinski definition) is 1. The third-order valence-corrected chi connectivity index (χ3v) is 4.14. The highest BCUT2D eigenvalue weighted by atomic mass is 32.1. The Morgan fingerprint density at radius 1 is 1.40 bits per heavy atom. The fraction of sp³-hybridized carbons (Fsp3) is 0.188. The van der Waals surface area contributed by atoms with E-state index in [1.807, 2.05) is 18.2 Å². The first-order valence-electron chi connectivity index (χ1n) is 6.19. The van der Waals surface area contributed by atoms with E-state index in [0.29, 0.717) is 11.3 Å². The third-order valence-electron chi connectivity index (χ3n) is 3.00. The van der Waals surface area contributed by atoms with Gasteiger partial charge in [-0.2, -0.15) is 0 Å². The van der Waals surface area contributed by atoms with Crippen LogP contribution in [0.3, 0.4) is 0 Å². The number of methoxy groups -OCH3 is 1. The number of ketones is 1. The molecule has 0 saturated heterocycles. The van der Waals surface area contributed by atoms with Crippen molar-refractivity contribution < 1.29 is 14.6 Å². The normalized spacial score (nSPS) is 10.4. The van der Waals surface area contributed by atoms with Crippen molar-refractivity contribution in [1.29, 1.82) is 0 Å². The SMILES string of the molecule is C=Cc1cc2sc(C(=O)CCC(=C)O)cc2cc1OC. The number of carbonyl (C=O) groups excluding carboxylic acids is 1. The second-order valence-electron chi connectivity index (χ2n) is 4.44. The molecule has 0 bridgehead atoms. The molecule has 0 aliphatic heterocycles. The number of fused-ring (bicyclic) bond motifs is 1. The maximum atomic E-state index is 12.0. The number of carbonyl (C=O) groups is 1. The van der Waals surface area contributed by atoms with E-state index in [9.17, 15) is 4.79 Å². The Labute approximate surface area is 121 Å². The van der Waals surface area contributed by atoms with E-state index in [-0.39, 0.29) is 18.0 Å². The van der Waals surface area contributed by atoms with E-state index in [2.05, 4.69) is 13.2 Å². The fourth-order valence-corrected chi connectivity index (χ4v) is 3.00. The van der Waals surface area contributed by atoms with Crippen LogP contribution in [-0.2, 0) is 0 Å². The van der Waals surface area contributed by atoms with Crippen molar-refractivity contribution in [2.75, 3.05) is 7.11 Å². The number of Topliss-reactive ketones (excluding diaryl/α,β-unsaturated/α-hetero) is 1. The van der Waals surface area contributed by atoms with Crippen LogP contribution in [0.5, 0.6) is 5.75 Å². The van der Waals surface area contributed by atoms with Gasteiger partial charge in [-0.3, -0.25) is 4.79 Å². The van der Waals surface area contributed by atoms with Gasteiger partial charge in [0.1, 0.15) is 5.75 Å². The Kier molecular flexibility index (Phi) is 4.25. The Morgan fingerprint density at radius 2 is 2.15 bits per heavy atom. The van der Waals surface area contributed by atoms with Crippen molar-refractivity contribution in [2.45, 2.75) is 12.8 Å². The second-order valence-corrected chi connectivity index (χ2v) is 5.52. The molecule has 3 nitrogen and oxygen atoms in total. The van der Waals surface area contributed by atoms with Crippen LogP contribution in [-0.4, -0.2) is 18.0 Å².